The smallest absolute Gasteiger partial charge is 0.0355 e. The highest BCUT2D eigenvalue weighted by atomic mass is 14.5. The molecular weight excluding hydrogens is 168 g/mol. The van der Waals surface area contributed by atoms with Crippen LogP contribution in [0.4, 0.5) is 0 Å². The van der Waals surface area contributed by atoms with Crippen molar-refractivity contribution in [2.24, 2.45) is 23.7 Å². The lowest BCUT2D eigenvalue weighted by Crippen LogP contribution is -2.38. The summed E-state index contributed by atoms with van der Waals surface area (Å²) in [6.07, 6.45) is 16.9. The van der Waals surface area contributed by atoms with E-state index in [9.17, 15) is 0 Å². The van der Waals surface area contributed by atoms with E-state index >= 15 is 0 Å². The molecule has 0 aliphatic heterocycles. The molecule has 3 aliphatic carbocycles. The van der Waals surface area contributed by atoms with Crippen molar-refractivity contribution in [1.82, 2.24) is 0 Å². The van der Waals surface area contributed by atoms with Crippen LogP contribution in [0, 0.1) is 36.5 Å². The largest absolute Gasteiger partial charge is 0.0499 e. The van der Waals surface area contributed by atoms with Crippen molar-refractivity contribution in [1.29, 1.82) is 0 Å². The molecule has 0 nitrogen and oxygen atoms in total. The Balaban J connectivity index is 1.74. The molecular formula is C14H22. The van der Waals surface area contributed by atoms with Gasteiger partial charge in [-0.15, -0.1) is 0 Å². The third kappa shape index (κ3) is 1.51. The highest BCUT2D eigenvalue weighted by molar-refractivity contribution is 4.97. The number of hydrogen-bond donors (Lipinski definition) is 0. The summed E-state index contributed by atoms with van der Waals surface area (Å²) in [7, 11) is 0. The quantitative estimate of drug-likeness (QED) is 0.541. The van der Waals surface area contributed by atoms with Crippen LogP contribution in [0.1, 0.15) is 51.4 Å². The van der Waals surface area contributed by atoms with Gasteiger partial charge >= 0.3 is 0 Å². The van der Waals surface area contributed by atoms with Crippen molar-refractivity contribution in [3.8, 4) is 0 Å². The van der Waals surface area contributed by atoms with E-state index in [1.165, 1.54) is 51.4 Å². The van der Waals surface area contributed by atoms with Crippen LogP contribution in [-0.2, 0) is 0 Å². The molecule has 0 spiro atoms. The Morgan fingerprint density at radius 1 is 0.643 bits per heavy atom. The lowest BCUT2D eigenvalue weighted by atomic mass is 9.58. The van der Waals surface area contributed by atoms with E-state index in [4.69, 9.17) is 0 Å². The van der Waals surface area contributed by atoms with Crippen LogP contribution in [0.3, 0.4) is 0 Å². The monoisotopic (exact) mass is 190 g/mol. The first-order valence-corrected chi connectivity index (χ1v) is 6.58. The van der Waals surface area contributed by atoms with Crippen LogP contribution in [0.2, 0.25) is 0 Å². The van der Waals surface area contributed by atoms with Gasteiger partial charge in [0.1, 0.15) is 0 Å². The number of fused-ring (bicyclic) bond motifs is 3. The van der Waals surface area contributed by atoms with Gasteiger partial charge in [0.2, 0.25) is 0 Å². The summed E-state index contributed by atoms with van der Waals surface area (Å²) in [6.45, 7) is 0. The summed E-state index contributed by atoms with van der Waals surface area (Å²) in [5, 5.41) is 0. The van der Waals surface area contributed by atoms with E-state index < -0.39 is 0 Å². The lowest BCUT2D eigenvalue weighted by Gasteiger charge is -2.47. The second-order valence-corrected chi connectivity index (χ2v) is 5.63. The minimum absolute atomic E-state index is 1.09. The standard InChI is InChI=1S/C14H22/c1-3-7-13-11(5-1)9-10-12-6-2-4-8-14(12)13/h1-2,11-14H,3-10H2. The Morgan fingerprint density at radius 3 is 1.64 bits per heavy atom. The Bertz CT molecular complexity index is 174. The molecule has 3 saturated carbocycles. The third-order valence-electron chi connectivity index (χ3n) is 5.02. The first-order chi connectivity index (χ1) is 6.95. The van der Waals surface area contributed by atoms with Crippen molar-refractivity contribution in [3.63, 3.8) is 0 Å². The van der Waals surface area contributed by atoms with Crippen LogP contribution >= 0.6 is 0 Å². The van der Waals surface area contributed by atoms with Crippen molar-refractivity contribution in [2.75, 3.05) is 0 Å². The zero-order valence-corrected chi connectivity index (χ0v) is 9.12. The maximum Gasteiger partial charge on any atom is -0.0355 e. The highest BCUT2D eigenvalue weighted by Crippen LogP contribution is 2.50. The van der Waals surface area contributed by atoms with Crippen molar-refractivity contribution >= 4 is 0 Å². The van der Waals surface area contributed by atoms with Crippen LogP contribution in [-0.4, -0.2) is 0 Å². The highest BCUT2D eigenvalue weighted by Gasteiger charge is 2.40. The minimum atomic E-state index is 1.09. The average molecular weight is 190 g/mol. The molecule has 0 saturated heterocycles. The van der Waals surface area contributed by atoms with Gasteiger partial charge in [0.15, 0.2) is 0 Å². The number of rotatable bonds is 0. The molecule has 0 aromatic heterocycles. The summed E-state index contributed by atoms with van der Waals surface area (Å²) in [5.41, 5.74) is 0. The summed E-state index contributed by atoms with van der Waals surface area (Å²) >= 11 is 0. The van der Waals surface area contributed by atoms with E-state index in [0.29, 0.717) is 0 Å². The molecule has 14 heavy (non-hydrogen) atoms. The molecule has 0 amide bonds. The molecule has 0 heterocycles. The zero-order chi connectivity index (χ0) is 9.38. The third-order valence-corrected chi connectivity index (χ3v) is 5.02. The van der Waals surface area contributed by atoms with E-state index in [1.807, 2.05) is 0 Å². The molecule has 0 bridgehead atoms. The van der Waals surface area contributed by atoms with Gasteiger partial charge in [-0.1, -0.05) is 0 Å². The fourth-order valence-corrected chi connectivity index (χ4v) is 4.32. The van der Waals surface area contributed by atoms with Gasteiger partial charge in [-0.3, -0.25) is 0 Å². The van der Waals surface area contributed by atoms with Gasteiger partial charge in [-0.2, -0.15) is 0 Å². The fourth-order valence-electron chi connectivity index (χ4n) is 4.32. The fraction of sp³-hybridized carbons (Fsp3) is 0.857. The predicted molar refractivity (Wildman–Crippen MR) is 59.5 cm³/mol. The molecule has 4 unspecified atom stereocenters. The molecule has 0 aromatic carbocycles. The van der Waals surface area contributed by atoms with Crippen molar-refractivity contribution in [3.05, 3.63) is 12.8 Å². The molecule has 78 valence electrons. The molecule has 4 atom stereocenters. The van der Waals surface area contributed by atoms with E-state index in [1.54, 1.807) is 0 Å². The summed E-state index contributed by atoms with van der Waals surface area (Å²) < 4.78 is 0. The summed E-state index contributed by atoms with van der Waals surface area (Å²) in [5.74, 6) is 4.41. The van der Waals surface area contributed by atoms with Crippen LogP contribution in [0.15, 0.2) is 0 Å². The van der Waals surface area contributed by atoms with Gasteiger partial charge in [-0.05, 0) is 87.9 Å². The lowest BCUT2D eigenvalue weighted by molar-refractivity contribution is 0.0493. The maximum atomic E-state index is 2.55. The SMILES string of the molecule is [CH]1CCC2C(C1)CCC1C[CH]CCC12. The van der Waals surface area contributed by atoms with Gasteiger partial charge in [0.25, 0.3) is 0 Å². The summed E-state index contributed by atoms with van der Waals surface area (Å²) in [4.78, 5) is 0. The molecule has 3 aliphatic rings. The molecule has 0 N–H and O–H groups in total. The van der Waals surface area contributed by atoms with Crippen molar-refractivity contribution in [2.45, 2.75) is 51.4 Å². The molecule has 3 fully saturated rings. The van der Waals surface area contributed by atoms with E-state index in [-0.39, 0.29) is 0 Å². The second kappa shape index (κ2) is 3.87. The van der Waals surface area contributed by atoms with Gasteiger partial charge < -0.3 is 0 Å². The van der Waals surface area contributed by atoms with E-state index in [0.717, 1.165) is 23.7 Å². The Kier molecular flexibility index (Phi) is 2.55. The van der Waals surface area contributed by atoms with Crippen LogP contribution in [0.25, 0.3) is 0 Å². The van der Waals surface area contributed by atoms with Gasteiger partial charge in [0, 0.05) is 0 Å². The second-order valence-electron chi connectivity index (χ2n) is 5.63. The Hall–Kier alpha value is 0. The van der Waals surface area contributed by atoms with E-state index in [2.05, 4.69) is 12.8 Å². The van der Waals surface area contributed by atoms with Gasteiger partial charge in [0.05, 0.1) is 0 Å². The predicted octanol–water partition coefficient (Wildman–Crippen LogP) is 4.02. The maximum absolute atomic E-state index is 2.55. The molecule has 0 heteroatoms. The van der Waals surface area contributed by atoms with Crippen LogP contribution < -0.4 is 0 Å². The first-order valence-electron chi connectivity index (χ1n) is 6.58. The van der Waals surface area contributed by atoms with Gasteiger partial charge in [-0.25, -0.2) is 0 Å². The Labute approximate surface area is 88.5 Å². The molecule has 2 radical (unpaired) electrons. The first kappa shape index (κ1) is 9.24. The normalized spacial score (nSPS) is 48.0. The zero-order valence-electron chi connectivity index (χ0n) is 9.12. The van der Waals surface area contributed by atoms with Crippen LogP contribution in [0.5, 0.6) is 0 Å². The molecule has 0 aromatic rings. The topological polar surface area (TPSA) is 0 Å². The number of hydrogen-bond acceptors (Lipinski definition) is 0. The summed E-state index contributed by atoms with van der Waals surface area (Å²) in [6, 6.07) is 0. The Morgan fingerprint density at radius 2 is 1.14 bits per heavy atom. The minimum Gasteiger partial charge on any atom is -0.0499 e. The molecule has 3 rings (SSSR count). The average Bonchev–Trinajstić information content (AvgIpc) is 2.29. The van der Waals surface area contributed by atoms with Crippen molar-refractivity contribution < 1.29 is 0 Å².